The van der Waals surface area contributed by atoms with E-state index < -0.39 is 0 Å². The molecule has 1 unspecified atom stereocenters. The summed E-state index contributed by atoms with van der Waals surface area (Å²) in [5, 5.41) is 0.873. The minimum Gasteiger partial charge on any atom is -0.374 e. The Balaban J connectivity index is 2.32. The van der Waals surface area contributed by atoms with Gasteiger partial charge in [0.25, 0.3) is 0 Å². The predicted octanol–water partition coefficient (Wildman–Crippen LogP) is 2.12. The second-order valence-electron chi connectivity index (χ2n) is 2.29. The zero-order valence-electron chi connectivity index (χ0n) is 5.40. The highest BCUT2D eigenvalue weighted by molar-refractivity contribution is 9.09. The van der Waals surface area contributed by atoms with Crippen molar-refractivity contribution in [2.24, 2.45) is 0 Å². The molecule has 0 bridgehead atoms. The third-order valence-electron chi connectivity index (χ3n) is 1.56. The maximum atomic E-state index is 5.38. The first-order valence-corrected chi connectivity index (χ1v) is 4.32. The van der Waals surface area contributed by atoms with Crippen LogP contribution in [0.15, 0.2) is 12.2 Å². The van der Waals surface area contributed by atoms with Crippen molar-refractivity contribution in [3.05, 3.63) is 12.2 Å². The summed E-state index contributed by atoms with van der Waals surface area (Å²) in [5.74, 6) is 0. The van der Waals surface area contributed by atoms with Crippen LogP contribution in [0.2, 0.25) is 0 Å². The Morgan fingerprint density at radius 1 is 1.78 bits per heavy atom. The third-order valence-corrected chi connectivity index (χ3v) is 2.28. The van der Waals surface area contributed by atoms with Gasteiger partial charge in [-0.05, 0) is 18.4 Å². The van der Waals surface area contributed by atoms with E-state index in [1.807, 2.05) is 0 Å². The zero-order chi connectivity index (χ0) is 6.69. The summed E-state index contributed by atoms with van der Waals surface area (Å²) in [6, 6.07) is 0. The van der Waals surface area contributed by atoms with Gasteiger partial charge >= 0.3 is 0 Å². The Morgan fingerprint density at radius 3 is 3.00 bits per heavy atom. The molecule has 1 nitrogen and oxygen atoms in total. The Morgan fingerprint density at radius 2 is 2.56 bits per heavy atom. The lowest BCUT2D eigenvalue weighted by Gasteiger charge is -2.08. The van der Waals surface area contributed by atoms with Crippen molar-refractivity contribution in [1.29, 1.82) is 0 Å². The molecule has 52 valence electrons. The summed E-state index contributed by atoms with van der Waals surface area (Å²) in [6.07, 6.45) is 2.69. The maximum absolute atomic E-state index is 5.38. The molecule has 0 aromatic rings. The molecule has 0 aliphatic carbocycles. The smallest absolute Gasteiger partial charge is 0.0791 e. The van der Waals surface area contributed by atoms with Gasteiger partial charge in [0.1, 0.15) is 0 Å². The van der Waals surface area contributed by atoms with Crippen LogP contribution in [0.1, 0.15) is 12.8 Å². The van der Waals surface area contributed by atoms with Crippen molar-refractivity contribution in [3.8, 4) is 0 Å². The average molecular weight is 191 g/mol. The monoisotopic (exact) mass is 190 g/mol. The SMILES string of the molecule is C=C(CBr)C1CCCO1. The molecule has 0 aromatic carbocycles. The van der Waals surface area contributed by atoms with E-state index in [-0.39, 0.29) is 0 Å². The molecule has 1 aliphatic rings. The molecular formula is C7H11BrO. The fraction of sp³-hybridized carbons (Fsp3) is 0.714. The van der Waals surface area contributed by atoms with Gasteiger partial charge in [0, 0.05) is 11.9 Å². The Hall–Kier alpha value is 0.180. The lowest BCUT2D eigenvalue weighted by Crippen LogP contribution is -2.08. The van der Waals surface area contributed by atoms with Gasteiger partial charge < -0.3 is 4.74 Å². The lowest BCUT2D eigenvalue weighted by atomic mass is 10.1. The molecule has 1 saturated heterocycles. The van der Waals surface area contributed by atoms with Gasteiger partial charge in [-0.2, -0.15) is 0 Å². The van der Waals surface area contributed by atoms with E-state index in [9.17, 15) is 0 Å². The normalized spacial score (nSPS) is 26.6. The molecule has 1 fully saturated rings. The molecule has 0 saturated carbocycles. The summed E-state index contributed by atoms with van der Waals surface area (Å²) in [7, 11) is 0. The highest BCUT2D eigenvalue weighted by Gasteiger charge is 2.16. The minimum atomic E-state index is 0.337. The highest BCUT2D eigenvalue weighted by Crippen LogP contribution is 2.19. The van der Waals surface area contributed by atoms with Crippen molar-refractivity contribution < 1.29 is 4.74 Å². The van der Waals surface area contributed by atoms with Crippen molar-refractivity contribution >= 4 is 15.9 Å². The number of rotatable bonds is 2. The van der Waals surface area contributed by atoms with Crippen molar-refractivity contribution in [1.82, 2.24) is 0 Å². The van der Waals surface area contributed by atoms with Crippen LogP contribution in [0.3, 0.4) is 0 Å². The van der Waals surface area contributed by atoms with Gasteiger partial charge in [0.2, 0.25) is 0 Å². The summed E-state index contributed by atoms with van der Waals surface area (Å²) < 4.78 is 5.38. The number of ether oxygens (including phenoxy) is 1. The predicted molar refractivity (Wildman–Crippen MR) is 41.9 cm³/mol. The van der Waals surface area contributed by atoms with E-state index >= 15 is 0 Å². The highest BCUT2D eigenvalue weighted by atomic mass is 79.9. The topological polar surface area (TPSA) is 9.23 Å². The van der Waals surface area contributed by atoms with Crippen LogP contribution < -0.4 is 0 Å². The van der Waals surface area contributed by atoms with E-state index in [2.05, 4.69) is 22.5 Å². The van der Waals surface area contributed by atoms with E-state index in [0.29, 0.717) is 6.10 Å². The molecule has 2 heteroatoms. The van der Waals surface area contributed by atoms with Crippen LogP contribution in [0.25, 0.3) is 0 Å². The number of halogens is 1. The lowest BCUT2D eigenvalue weighted by molar-refractivity contribution is 0.138. The molecule has 0 aromatic heterocycles. The van der Waals surface area contributed by atoms with E-state index in [0.717, 1.165) is 18.4 Å². The Labute approximate surface area is 64.2 Å². The minimum absolute atomic E-state index is 0.337. The largest absolute Gasteiger partial charge is 0.374 e. The molecule has 1 atom stereocenters. The van der Waals surface area contributed by atoms with Gasteiger partial charge in [-0.25, -0.2) is 0 Å². The standard InChI is InChI=1S/C7H11BrO/c1-6(5-8)7-3-2-4-9-7/h7H,1-5H2. The van der Waals surface area contributed by atoms with Crippen molar-refractivity contribution in [3.63, 3.8) is 0 Å². The summed E-state index contributed by atoms with van der Waals surface area (Å²) in [6.45, 7) is 4.80. The van der Waals surface area contributed by atoms with Crippen LogP contribution in [0, 0.1) is 0 Å². The second kappa shape index (κ2) is 3.37. The average Bonchev–Trinajstić information content (AvgIpc) is 2.37. The van der Waals surface area contributed by atoms with Crippen LogP contribution in [0.4, 0.5) is 0 Å². The fourth-order valence-corrected chi connectivity index (χ4v) is 1.35. The fourth-order valence-electron chi connectivity index (χ4n) is 0.986. The Bertz CT molecular complexity index is 105. The molecule has 1 aliphatic heterocycles. The molecule has 0 N–H and O–H groups in total. The molecule has 1 heterocycles. The summed E-state index contributed by atoms with van der Waals surface area (Å²) >= 11 is 3.35. The van der Waals surface area contributed by atoms with Gasteiger partial charge in [-0.15, -0.1) is 0 Å². The molecule has 0 amide bonds. The number of hydrogen-bond acceptors (Lipinski definition) is 1. The molecule has 0 radical (unpaired) electrons. The summed E-state index contributed by atoms with van der Waals surface area (Å²) in [4.78, 5) is 0. The van der Waals surface area contributed by atoms with Crippen LogP contribution in [-0.2, 0) is 4.74 Å². The van der Waals surface area contributed by atoms with Crippen LogP contribution in [-0.4, -0.2) is 18.0 Å². The van der Waals surface area contributed by atoms with E-state index in [1.54, 1.807) is 0 Å². The van der Waals surface area contributed by atoms with Gasteiger partial charge in [-0.1, -0.05) is 22.5 Å². The number of alkyl halides is 1. The first kappa shape index (κ1) is 7.29. The molecular weight excluding hydrogens is 180 g/mol. The quantitative estimate of drug-likeness (QED) is 0.479. The molecule has 9 heavy (non-hydrogen) atoms. The summed E-state index contributed by atoms with van der Waals surface area (Å²) in [5.41, 5.74) is 1.17. The first-order valence-electron chi connectivity index (χ1n) is 3.20. The first-order chi connectivity index (χ1) is 4.34. The van der Waals surface area contributed by atoms with Gasteiger partial charge in [0.15, 0.2) is 0 Å². The Kier molecular flexibility index (Phi) is 2.73. The van der Waals surface area contributed by atoms with Gasteiger partial charge in [-0.3, -0.25) is 0 Å². The van der Waals surface area contributed by atoms with Crippen molar-refractivity contribution in [2.45, 2.75) is 18.9 Å². The molecule has 0 spiro atoms. The second-order valence-corrected chi connectivity index (χ2v) is 2.85. The van der Waals surface area contributed by atoms with Crippen molar-refractivity contribution in [2.75, 3.05) is 11.9 Å². The maximum Gasteiger partial charge on any atom is 0.0791 e. The third kappa shape index (κ3) is 1.80. The molecule has 1 rings (SSSR count). The van der Waals surface area contributed by atoms with Gasteiger partial charge in [0.05, 0.1) is 6.10 Å². The van der Waals surface area contributed by atoms with Crippen LogP contribution >= 0.6 is 15.9 Å². The van der Waals surface area contributed by atoms with Crippen LogP contribution in [0.5, 0.6) is 0 Å². The van der Waals surface area contributed by atoms with E-state index in [4.69, 9.17) is 4.74 Å². The zero-order valence-corrected chi connectivity index (χ0v) is 6.99. The van der Waals surface area contributed by atoms with E-state index in [1.165, 1.54) is 12.0 Å². The number of hydrogen-bond donors (Lipinski definition) is 0.